The van der Waals surface area contributed by atoms with Crippen LogP contribution in [0.5, 0.6) is 0 Å². The van der Waals surface area contributed by atoms with Crippen molar-refractivity contribution in [1.82, 2.24) is 42.8 Å². The molecule has 6 N–H and O–H groups in total. The van der Waals surface area contributed by atoms with E-state index in [1.165, 1.54) is 49.3 Å². The monoisotopic (exact) mass is 1460 g/mol. The number of amides is 1. The highest BCUT2D eigenvalue weighted by atomic mass is 35.5. The maximum absolute atomic E-state index is 12.6. The molecule has 0 radical (unpaired) electrons. The summed E-state index contributed by atoms with van der Waals surface area (Å²) >= 11 is 0. The molecule has 0 bridgehead atoms. The van der Waals surface area contributed by atoms with Gasteiger partial charge in [0.05, 0.1) is 26.2 Å². The van der Waals surface area contributed by atoms with Crippen LogP contribution in [0.15, 0.2) is 120 Å². The Bertz CT molecular complexity index is 3680. The van der Waals surface area contributed by atoms with E-state index in [2.05, 4.69) is 29.0 Å². The maximum Gasteiger partial charge on any atom is 0.412 e. The van der Waals surface area contributed by atoms with Crippen molar-refractivity contribution in [3.63, 3.8) is 0 Å². The highest BCUT2D eigenvalue weighted by Crippen LogP contribution is 2.24. The number of pyridine rings is 4. The van der Waals surface area contributed by atoms with E-state index >= 15 is 0 Å². The van der Waals surface area contributed by atoms with E-state index < -0.39 is 47.5 Å². The number of carbonyl (C=O) groups excluding carboxylic acids is 3. The van der Waals surface area contributed by atoms with Crippen molar-refractivity contribution in [2.45, 2.75) is 121 Å². The molecule has 10 heterocycles. The fourth-order valence-corrected chi connectivity index (χ4v) is 12.5. The zero-order valence-electron chi connectivity index (χ0n) is 59.0. The van der Waals surface area contributed by atoms with Crippen LogP contribution < -0.4 is 44.6 Å². The smallest absolute Gasteiger partial charge is 0.412 e. The van der Waals surface area contributed by atoms with Crippen LogP contribution in [0.25, 0.3) is 0 Å². The Balaban J connectivity index is 0.000000264. The second-order valence-electron chi connectivity index (χ2n) is 25.8. The lowest BCUT2D eigenvalue weighted by atomic mass is 10.1. The molecule has 102 heavy (non-hydrogen) atoms. The van der Waals surface area contributed by atoms with Crippen LogP contribution >= 0.6 is 12.4 Å². The zero-order chi connectivity index (χ0) is 74.0. The van der Waals surface area contributed by atoms with E-state index in [1.54, 1.807) is 95.7 Å². The number of nitrogens with zero attached hydrogens (tertiary/aromatic N) is 9. The Kier molecular flexibility index (Phi) is 38.2. The van der Waals surface area contributed by atoms with Gasteiger partial charge in [0.25, 0.3) is 22.2 Å². The molecule has 5 aliphatic rings. The number of nitrogen functional groups attached to an aromatic ring is 1. The van der Waals surface area contributed by atoms with Gasteiger partial charge in [0.2, 0.25) is 0 Å². The SMILES string of the molecule is CC(C)(C)OC(=O)Nc1cccn([C@@H]2CCCN(CCF)C2)c1=O.COC(=O)c1cccn([C@@H]2CCCN(CCF)C2)c1=O.COC(=O)c1cccoc1=O.Cl.N[C@@H]1CCCN(CCF)C1.Nc1cccn([C@@H]2CCCN(CCF)C2)c1=O.O=C(O)c1cccn([C@@H]2CCCN(CCF)C2)c1=O. The molecule has 0 aliphatic carbocycles. The first-order chi connectivity index (χ1) is 48.4. The number of aromatic nitrogens is 4. The number of hydrogen-bond donors (Lipinski definition) is 4. The first-order valence-corrected chi connectivity index (χ1v) is 34.2. The number of alkyl halides is 5. The molecule has 0 aromatic carbocycles. The average molecular weight is 1470 g/mol. The summed E-state index contributed by atoms with van der Waals surface area (Å²) in [6.07, 6.45) is 16.7. The summed E-state index contributed by atoms with van der Waals surface area (Å²) in [5.41, 5.74) is 8.96. The first-order valence-electron chi connectivity index (χ1n) is 34.2. The molecule has 5 aliphatic heterocycles. The number of anilines is 2. The lowest BCUT2D eigenvalue weighted by molar-refractivity contribution is 0.0587. The molecule has 0 spiro atoms. The van der Waals surface area contributed by atoms with Crippen molar-refractivity contribution in [3.05, 3.63) is 160 Å². The van der Waals surface area contributed by atoms with Crippen LogP contribution in [0.3, 0.4) is 0 Å². The van der Waals surface area contributed by atoms with E-state index in [-0.39, 0.29) is 114 Å². The summed E-state index contributed by atoms with van der Waals surface area (Å²) in [6.45, 7) is 13.6. The number of nitrogens with one attached hydrogen (secondary N) is 1. The highest BCUT2D eigenvalue weighted by molar-refractivity contribution is 5.89. The maximum atomic E-state index is 12.6. The van der Waals surface area contributed by atoms with Crippen LogP contribution in [0.4, 0.5) is 38.1 Å². The molecule has 0 unspecified atom stereocenters. The second-order valence-corrected chi connectivity index (χ2v) is 25.8. The van der Waals surface area contributed by atoms with Crippen molar-refractivity contribution in [3.8, 4) is 0 Å². The van der Waals surface area contributed by atoms with Crippen LogP contribution in [-0.2, 0) is 14.2 Å². The van der Waals surface area contributed by atoms with E-state index in [4.69, 9.17) is 21.3 Å². The number of likely N-dealkylation sites (tertiary alicyclic amines) is 5. The minimum atomic E-state index is -1.21. The number of esters is 2. The van der Waals surface area contributed by atoms with Crippen LogP contribution in [0.1, 0.15) is 140 Å². The Morgan fingerprint density at radius 3 is 1.25 bits per heavy atom. The molecule has 5 aromatic rings. The fraction of sp³-hybridized carbons (Fsp3) is 0.586. The number of piperidine rings is 5. The van der Waals surface area contributed by atoms with Gasteiger partial charge in [-0.05, 0) is 178 Å². The van der Waals surface area contributed by atoms with Crippen molar-refractivity contribution in [1.29, 1.82) is 0 Å². The molecular weight excluding hydrogens is 1360 g/mol. The van der Waals surface area contributed by atoms with Crippen LogP contribution in [-0.4, -0.2) is 229 Å². The van der Waals surface area contributed by atoms with Gasteiger partial charge in [0, 0.05) is 120 Å². The molecule has 0 saturated carbocycles. The Labute approximate surface area is 596 Å². The van der Waals surface area contributed by atoms with Crippen molar-refractivity contribution in [2.24, 2.45) is 5.73 Å². The third-order valence-corrected chi connectivity index (χ3v) is 17.4. The number of hydrogen-bond acceptors (Lipinski definition) is 20. The zero-order valence-corrected chi connectivity index (χ0v) is 59.8. The van der Waals surface area contributed by atoms with Crippen molar-refractivity contribution >= 4 is 47.8 Å². The Morgan fingerprint density at radius 2 is 0.863 bits per heavy atom. The highest BCUT2D eigenvalue weighted by Gasteiger charge is 2.28. The predicted octanol–water partition coefficient (Wildman–Crippen LogP) is 7.46. The number of nitrogens with two attached hydrogens (primary N) is 2. The summed E-state index contributed by atoms with van der Waals surface area (Å²) < 4.78 is 86.4. The molecule has 5 aromatic heterocycles. The van der Waals surface area contributed by atoms with Gasteiger partial charge in [-0.25, -0.2) is 45.9 Å². The van der Waals surface area contributed by atoms with Crippen molar-refractivity contribution < 1.29 is 64.9 Å². The number of carboxylic acid groups (broad SMARTS) is 1. The normalized spacial score (nSPS) is 19.6. The van der Waals surface area contributed by atoms with Gasteiger partial charge in [-0.3, -0.25) is 49.0 Å². The summed E-state index contributed by atoms with van der Waals surface area (Å²) in [6, 6.07) is 15.8. The standard InChI is InChI=1S/C17H26FN3O3.C14H19FN2O3.C13H17FN2O3.C12H18FN3O.C7H15FN2.C7H6O4.ClH/c1-17(2,3)24-16(23)19-14-7-5-10-21(15(14)22)13-6-4-9-20(12-13)11-8-18;1-20-14(19)12-5-3-8-17(13(12)18)11-4-2-7-16(10-11)9-6-15;14-5-8-15-6-1-3-10(9-15)16-7-2-4-11(12(16)17)13(18)19;13-5-8-15-6-1-3-10(9-15)16-7-2-4-11(14)12(16)17;8-3-5-10-4-1-2-7(9)6-10;1-10-6(8)5-3-2-4-11-7(5)9;/h5,7,10,13H,4,6,8-9,11-12H2,1-3H3,(H,19,23);3,5,8,11H,2,4,6-7,9-10H2,1H3;2,4,7,10H,1,3,5-6,8-9H2,(H,18,19);2,4,7,10H,1,3,5-6,8-9,14H2;7H,1-6,9H2;2-4H,1H3;1H/t13-;11-;2*10-;7-;;/m11111../s1. The number of carbonyl (C=O) groups is 4. The lowest BCUT2D eigenvalue weighted by Gasteiger charge is -2.33. The molecule has 5 saturated heterocycles. The van der Waals surface area contributed by atoms with Crippen LogP contribution in [0.2, 0.25) is 0 Å². The quantitative estimate of drug-likeness (QED) is 0.0376. The largest absolute Gasteiger partial charge is 0.477 e. The summed E-state index contributed by atoms with van der Waals surface area (Å²) in [5.74, 6) is -2.52. The van der Waals surface area contributed by atoms with Crippen molar-refractivity contribution in [2.75, 3.05) is 157 Å². The van der Waals surface area contributed by atoms with Gasteiger partial charge in [-0.15, -0.1) is 12.4 Å². The third kappa shape index (κ3) is 27.9. The number of aromatic carboxylic acids is 1. The first kappa shape index (κ1) is 86.3. The number of ether oxygens (including phenoxy) is 3. The summed E-state index contributed by atoms with van der Waals surface area (Å²) in [5, 5.41) is 11.5. The number of rotatable bonds is 18. The topological polar surface area (TPSA) is 315 Å². The van der Waals surface area contributed by atoms with Gasteiger partial charge in [0.1, 0.15) is 61.4 Å². The summed E-state index contributed by atoms with van der Waals surface area (Å²) in [7, 11) is 2.46. The van der Waals surface area contributed by atoms with Gasteiger partial charge < -0.3 is 53.5 Å². The van der Waals surface area contributed by atoms with E-state index in [0.717, 1.165) is 110 Å². The third-order valence-electron chi connectivity index (χ3n) is 17.4. The fourth-order valence-electron chi connectivity index (χ4n) is 12.5. The minimum absolute atomic E-state index is 0. The molecule has 568 valence electrons. The van der Waals surface area contributed by atoms with Gasteiger partial charge in [0.15, 0.2) is 0 Å². The van der Waals surface area contributed by atoms with Gasteiger partial charge in [-0.2, -0.15) is 0 Å². The number of halogens is 6. The molecular formula is C70H102ClF5N12O14. The van der Waals surface area contributed by atoms with Gasteiger partial charge in [-0.1, -0.05) is 0 Å². The second kappa shape index (κ2) is 45.1. The summed E-state index contributed by atoms with van der Waals surface area (Å²) in [4.78, 5) is 115. The Hall–Kier alpha value is -8.07. The average Bonchev–Trinajstić information content (AvgIpc) is 0.865. The molecule has 26 nitrogen and oxygen atoms in total. The van der Waals surface area contributed by atoms with E-state index in [0.29, 0.717) is 52.4 Å². The Morgan fingerprint density at radius 1 is 0.510 bits per heavy atom. The van der Waals surface area contributed by atoms with E-state index in [1.807, 2.05) is 14.7 Å². The molecule has 10 rings (SSSR count). The lowest BCUT2D eigenvalue weighted by Crippen LogP contribution is -2.43. The molecule has 32 heteroatoms. The predicted molar refractivity (Wildman–Crippen MR) is 381 cm³/mol. The molecule has 5 atom stereocenters. The van der Waals surface area contributed by atoms with Crippen LogP contribution in [0, 0.1) is 0 Å². The molecule has 1 amide bonds. The van der Waals surface area contributed by atoms with Gasteiger partial charge >= 0.3 is 29.6 Å². The van der Waals surface area contributed by atoms with E-state index in [9.17, 15) is 65.1 Å². The molecule has 5 fully saturated rings. The minimum Gasteiger partial charge on any atom is -0.477 e. The number of carboxylic acids is 1. The number of methoxy groups -OCH3 is 2.